The number of carbonyl (C=O) groups is 1. The summed E-state index contributed by atoms with van der Waals surface area (Å²) in [6.45, 7) is 4.22. The molecule has 0 saturated heterocycles. The van der Waals surface area contributed by atoms with Crippen LogP contribution >= 0.6 is 11.3 Å². The lowest BCUT2D eigenvalue weighted by atomic mass is 10.2. The molecule has 1 amide bonds. The van der Waals surface area contributed by atoms with E-state index in [2.05, 4.69) is 24.1 Å². The summed E-state index contributed by atoms with van der Waals surface area (Å²) in [6.07, 6.45) is 3.97. The maximum Gasteiger partial charge on any atom is 0.261 e. The molecule has 4 heteroatoms. The zero-order valence-electron chi connectivity index (χ0n) is 12.0. The van der Waals surface area contributed by atoms with E-state index in [4.69, 9.17) is 5.11 Å². The van der Waals surface area contributed by atoms with Crippen molar-refractivity contribution in [2.75, 3.05) is 6.61 Å². The molecular weight excluding hydrogens is 270 g/mol. The Bertz CT molecular complexity index is 538. The highest BCUT2D eigenvalue weighted by Gasteiger charge is 2.37. The third kappa shape index (κ3) is 3.84. The maximum absolute atomic E-state index is 12.2. The first-order valence-electron chi connectivity index (χ1n) is 7.16. The lowest BCUT2D eigenvalue weighted by molar-refractivity contribution is 0.0953. The number of hydrogen-bond acceptors (Lipinski definition) is 3. The molecule has 0 spiro atoms. The normalized spacial score (nSPS) is 20.1. The zero-order valence-corrected chi connectivity index (χ0v) is 12.8. The first-order valence-corrected chi connectivity index (χ1v) is 7.98. The molecule has 1 aliphatic carbocycles. The molecule has 1 aromatic rings. The molecule has 3 nitrogen and oxygen atoms in total. The number of nitrogens with one attached hydrogen (secondary N) is 1. The van der Waals surface area contributed by atoms with E-state index in [9.17, 15) is 4.79 Å². The second-order valence-corrected chi connectivity index (χ2v) is 6.31. The summed E-state index contributed by atoms with van der Waals surface area (Å²) in [5.41, 5.74) is 1.03. The minimum absolute atomic E-state index is 0.0249. The highest BCUT2D eigenvalue weighted by atomic mass is 32.1. The lowest BCUT2D eigenvalue weighted by Crippen LogP contribution is -2.26. The van der Waals surface area contributed by atoms with Crippen LogP contribution in [0.1, 0.15) is 52.7 Å². The molecule has 1 saturated carbocycles. The Morgan fingerprint density at radius 1 is 1.60 bits per heavy atom. The molecule has 2 N–H and O–H groups in total. The van der Waals surface area contributed by atoms with Crippen molar-refractivity contribution >= 4 is 17.2 Å². The van der Waals surface area contributed by atoms with Gasteiger partial charge in [0.25, 0.3) is 5.91 Å². The topological polar surface area (TPSA) is 49.3 Å². The molecule has 2 unspecified atom stereocenters. The fraction of sp³-hybridized carbons (Fsp3) is 0.562. The molecule has 0 aliphatic heterocycles. The number of carbonyl (C=O) groups excluding carboxylic acids is 1. The van der Waals surface area contributed by atoms with Crippen LogP contribution in [-0.4, -0.2) is 23.7 Å². The average molecular weight is 291 g/mol. The van der Waals surface area contributed by atoms with Crippen LogP contribution in [0.3, 0.4) is 0 Å². The standard InChI is InChI=1S/C16H21NO2S/c1-3-6-12-10-13(12)17-16(19)15-9-11(2)14(20-15)7-4-5-8-18/h9,12-13,18H,3,5-6,8,10H2,1-2H3,(H,17,19). The van der Waals surface area contributed by atoms with E-state index in [1.54, 1.807) is 0 Å². The second kappa shape index (κ2) is 6.92. The van der Waals surface area contributed by atoms with Crippen LogP contribution in [0, 0.1) is 24.7 Å². The number of aliphatic hydroxyl groups is 1. The molecule has 0 radical (unpaired) electrons. The fourth-order valence-corrected chi connectivity index (χ4v) is 3.22. The van der Waals surface area contributed by atoms with Gasteiger partial charge in [0, 0.05) is 12.5 Å². The number of thiophene rings is 1. The number of amides is 1. The summed E-state index contributed by atoms with van der Waals surface area (Å²) in [7, 11) is 0. The van der Waals surface area contributed by atoms with Crippen molar-refractivity contribution in [3.63, 3.8) is 0 Å². The maximum atomic E-state index is 12.2. The van der Waals surface area contributed by atoms with Crippen molar-refractivity contribution in [3.05, 3.63) is 21.4 Å². The van der Waals surface area contributed by atoms with E-state index in [0.29, 0.717) is 18.4 Å². The molecule has 1 fully saturated rings. The fourth-order valence-electron chi connectivity index (χ4n) is 2.27. The summed E-state index contributed by atoms with van der Waals surface area (Å²) < 4.78 is 0. The monoisotopic (exact) mass is 291 g/mol. The average Bonchev–Trinajstić information content (AvgIpc) is 3.03. The van der Waals surface area contributed by atoms with Gasteiger partial charge in [-0.3, -0.25) is 4.79 Å². The van der Waals surface area contributed by atoms with Crippen LogP contribution in [-0.2, 0) is 0 Å². The molecule has 2 atom stereocenters. The van der Waals surface area contributed by atoms with Crippen LogP contribution in [0.25, 0.3) is 0 Å². The Balaban J connectivity index is 1.94. The van der Waals surface area contributed by atoms with Gasteiger partial charge in [-0.05, 0) is 37.3 Å². The van der Waals surface area contributed by atoms with Crippen LogP contribution < -0.4 is 5.32 Å². The molecule has 0 aromatic carbocycles. The molecule has 0 bridgehead atoms. The van der Waals surface area contributed by atoms with Gasteiger partial charge in [-0.15, -0.1) is 11.3 Å². The van der Waals surface area contributed by atoms with E-state index in [1.165, 1.54) is 24.2 Å². The molecular formula is C16H21NO2S. The van der Waals surface area contributed by atoms with Crippen LogP contribution in [0.5, 0.6) is 0 Å². The van der Waals surface area contributed by atoms with Crippen molar-refractivity contribution in [3.8, 4) is 11.8 Å². The molecule has 2 rings (SSSR count). The number of aliphatic hydroxyl groups excluding tert-OH is 1. The van der Waals surface area contributed by atoms with E-state index in [-0.39, 0.29) is 12.5 Å². The molecule has 1 aromatic heterocycles. The van der Waals surface area contributed by atoms with Crippen LogP contribution in [0.2, 0.25) is 0 Å². The van der Waals surface area contributed by atoms with Gasteiger partial charge in [-0.1, -0.05) is 25.2 Å². The number of rotatable bonds is 5. The number of aryl methyl sites for hydroxylation is 1. The highest BCUT2D eigenvalue weighted by Crippen LogP contribution is 2.35. The predicted molar refractivity (Wildman–Crippen MR) is 81.9 cm³/mol. The van der Waals surface area contributed by atoms with Crippen LogP contribution in [0.15, 0.2) is 6.07 Å². The Kier molecular flexibility index (Phi) is 5.22. The Hall–Kier alpha value is -1.31. The van der Waals surface area contributed by atoms with Crippen molar-refractivity contribution in [1.29, 1.82) is 0 Å². The quantitative estimate of drug-likeness (QED) is 0.820. The van der Waals surface area contributed by atoms with E-state index in [0.717, 1.165) is 21.7 Å². The van der Waals surface area contributed by atoms with Gasteiger partial charge in [-0.25, -0.2) is 0 Å². The molecule has 1 aliphatic rings. The minimum atomic E-state index is 0.0249. The summed E-state index contributed by atoms with van der Waals surface area (Å²) >= 11 is 1.44. The van der Waals surface area contributed by atoms with Crippen molar-refractivity contribution in [2.24, 2.45) is 5.92 Å². The number of hydrogen-bond donors (Lipinski definition) is 2. The summed E-state index contributed by atoms with van der Waals surface area (Å²) in [5, 5.41) is 11.8. The van der Waals surface area contributed by atoms with Crippen molar-refractivity contribution < 1.29 is 9.90 Å². The largest absolute Gasteiger partial charge is 0.395 e. The van der Waals surface area contributed by atoms with Gasteiger partial charge in [-0.2, -0.15) is 0 Å². The summed E-state index contributed by atoms with van der Waals surface area (Å²) in [5.74, 6) is 6.62. The Morgan fingerprint density at radius 3 is 3.10 bits per heavy atom. The smallest absolute Gasteiger partial charge is 0.261 e. The molecule has 1 heterocycles. The Morgan fingerprint density at radius 2 is 2.40 bits per heavy atom. The predicted octanol–water partition coefficient (Wildman–Crippen LogP) is 2.71. The van der Waals surface area contributed by atoms with E-state index >= 15 is 0 Å². The first kappa shape index (κ1) is 15.1. The lowest BCUT2D eigenvalue weighted by Gasteiger charge is -2.01. The van der Waals surface area contributed by atoms with E-state index < -0.39 is 0 Å². The van der Waals surface area contributed by atoms with Gasteiger partial charge in [0.05, 0.1) is 16.4 Å². The van der Waals surface area contributed by atoms with Crippen molar-refractivity contribution in [2.45, 2.75) is 45.6 Å². The summed E-state index contributed by atoms with van der Waals surface area (Å²) in [4.78, 5) is 13.8. The zero-order chi connectivity index (χ0) is 14.5. The minimum Gasteiger partial charge on any atom is -0.395 e. The van der Waals surface area contributed by atoms with Gasteiger partial charge in [0.15, 0.2) is 0 Å². The van der Waals surface area contributed by atoms with Gasteiger partial charge < -0.3 is 10.4 Å². The van der Waals surface area contributed by atoms with Gasteiger partial charge in [0.2, 0.25) is 0 Å². The van der Waals surface area contributed by atoms with Crippen molar-refractivity contribution in [1.82, 2.24) is 5.32 Å². The summed E-state index contributed by atoms with van der Waals surface area (Å²) in [6, 6.07) is 2.27. The third-order valence-corrected chi connectivity index (χ3v) is 4.63. The molecule has 20 heavy (non-hydrogen) atoms. The SMILES string of the molecule is CCCC1CC1NC(=O)c1cc(C)c(C#CCCO)s1. The molecule has 108 valence electrons. The third-order valence-electron chi connectivity index (χ3n) is 3.48. The van der Waals surface area contributed by atoms with E-state index in [1.807, 2.05) is 13.0 Å². The van der Waals surface area contributed by atoms with Gasteiger partial charge in [0.1, 0.15) is 0 Å². The van der Waals surface area contributed by atoms with Crippen LogP contribution in [0.4, 0.5) is 0 Å². The van der Waals surface area contributed by atoms with Gasteiger partial charge >= 0.3 is 0 Å². The first-order chi connectivity index (χ1) is 9.65. The highest BCUT2D eigenvalue weighted by molar-refractivity contribution is 7.14. The second-order valence-electron chi connectivity index (χ2n) is 5.26. The Labute approximate surface area is 124 Å².